The van der Waals surface area contributed by atoms with Crippen molar-refractivity contribution in [3.63, 3.8) is 0 Å². The average Bonchev–Trinajstić information content (AvgIpc) is 2.68. The van der Waals surface area contributed by atoms with Gasteiger partial charge in [-0.2, -0.15) is 5.26 Å². The van der Waals surface area contributed by atoms with Crippen LogP contribution in [0, 0.1) is 17.2 Å². The summed E-state index contributed by atoms with van der Waals surface area (Å²) < 4.78 is 5.14. The van der Waals surface area contributed by atoms with E-state index in [1.807, 2.05) is 36.4 Å². The number of anilines is 1. The number of hydrogen-bond donors (Lipinski definition) is 1. The van der Waals surface area contributed by atoms with Crippen molar-refractivity contribution in [2.45, 2.75) is 19.3 Å². The molecule has 0 saturated carbocycles. The van der Waals surface area contributed by atoms with Crippen LogP contribution in [0.15, 0.2) is 66.4 Å². The fraction of sp³-hybridized carbons (Fsp3) is 0.227. The predicted octanol–water partition coefficient (Wildman–Crippen LogP) is 3.79. The molecule has 0 aromatic heterocycles. The molecule has 1 aliphatic carbocycles. The lowest BCUT2D eigenvalue weighted by molar-refractivity contribution is -0.151. The van der Waals surface area contributed by atoms with Gasteiger partial charge in [0.25, 0.3) is 0 Å². The first-order chi connectivity index (χ1) is 13.1. The number of carbonyl (C=O) groups excluding carboxylic acids is 2. The molecule has 1 N–H and O–H groups in total. The zero-order valence-electron chi connectivity index (χ0n) is 15.0. The Hall–Kier alpha value is -3.39. The van der Waals surface area contributed by atoms with Gasteiger partial charge in [-0.15, -0.1) is 0 Å². The topological polar surface area (TPSA) is 79.2 Å². The van der Waals surface area contributed by atoms with Crippen molar-refractivity contribution < 1.29 is 14.3 Å². The molecular weight excluding hydrogens is 340 g/mol. The fourth-order valence-corrected chi connectivity index (χ4v) is 3.35. The molecule has 0 amide bonds. The van der Waals surface area contributed by atoms with Crippen molar-refractivity contribution in [2.75, 3.05) is 11.9 Å². The second-order valence-electron chi connectivity index (χ2n) is 6.31. The summed E-state index contributed by atoms with van der Waals surface area (Å²) in [6, 6.07) is 18.7. The third kappa shape index (κ3) is 4.06. The molecule has 0 spiro atoms. The van der Waals surface area contributed by atoms with Gasteiger partial charge in [-0.25, -0.2) is 0 Å². The number of esters is 1. The molecular formula is C22H20N2O3. The predicted molar refractivity (Wildman–Crippen MR) is 102 cm³/mol. The van der Waals surface area contributed by atoms with E-state index in [0.29, 0.717) is 23.4 Å². The van der Waals surface area contributed by atoms with Crippen molar-refractivity contribution >= 4 is 17.4 Å². The Kier molecular flexibility index (Phi) is 5.68. The highest BCUT2D eigenvalue weighted by atomic mass is 16.5. The van der Waals surface area contributed by atoms with E-state index in [4.69, 9.17) is 4.74 Å². The Morgan fingerprint density at radius 2 is 1.89 bits per heavy atom. The van der Waals surface area contributed by atoms with Crippen molar-refractivity contribution in [2.24, 2.45) is 5.92 Å². The van der Waals surface area contributed by atoms with Crippen LogP contribution in [0.5, 0.6) is 0 Å². The molecule has 0 radical (unpaired) electrons. The van der Waals surface area contributed by atoms with Crippen LogP contribution in [-0.2, 0) is 14.3 Å². The SMILES string of the molecule is CCOC(=O)[C@@H]1C(=O)C=C(Nc2ccccc2C#N)C[C@H]1c1ccccc1. The Balaban J connectivity index is 1.94. The van der Waals surface area contributed by atoms with Gasteiger partial charge in [0.05, 0.1) is 17.9 Å². The van der Waals surface area contributed by atoms with E-state index in [0.717, 1.165) is 5.56 Å². The van der Waals surface area contributed by atoms with Gasteiger partial charge in [-0.3, -0.25) is 9.59 Å². The van der Waals surface area contributed by atoms with Gasteiger partial charge in [-0.05, 0) is 31.0 Å². The number of para-hydroxylation sites is 1. The number of ketones is 1. The first kappa shape index (κ1) is 18.4. The third-order valence-electron chi connectivity index (χ3n) is 4.58. The summed E-state index contributed by atoms with van der Waals surface area (Å²) >= 11 is 0. The van der Waals surface area contributed by atoms with Crippen molar-refractivity contribution in [3.8, 4) is 6.07 Å². The lowest BCUT2D eigenvalue weighted by atomic mass is 9.76. The first-order valence-corrected chi connectivity index (χ1v) is 8.86. The maximum absolute atomic E-state index is 12.8. The minimum Gasteiger partial charge on any atom is -0.465 e. The largest absolute Gasteiger partial charge is 0.465 e. The van der Waals surface area contributed by atoms with Crippen molar-refractivity contribution in [1.82, 2.24) is 0 Å². The van der Waals surface area contributed by atoms with Crippen LogP contribution in [0.2, 0.25) is 0 Å². The molecule has 2 atom stereocenters. The van der Waals surface area contributed by atoms with Gasteiger partial charge >= 0.3 is 5.97 Å². The molecule has 1 aliphatic rings. The Bertz CT molecular complexity index is 913. The number of ether oxygens (including phenoxy) is 1. The van der Waals surface area contributed by atoms with Gasteiger partial charge in [0.15, 0.2) is 5.78 Å². The van der Waals surface area contributed by atoms with E-state index in [1.165, 1.54) is 6.08 Å². The first-order valence-electron chi connectivity index (χ1n) is 8.86. The normalized spacial score (nSPS) is 19.0. The highest BCUT2D eigenvalue weighted by Crippen LogP contribution is 2.37. The van der Waals surface area contributed by atoms with Crippen LogP contribution >= 0.6 is 0 Å². The molecule has 0 saturated heterocycles. The van der Waals surface area contributed by atoms with Crippen LogP contribution in [0.1, 0.15) is 30.4 Å². The maximum atomic E-state index is 12.8. The lowest BCUT2D eigenvalue weighted by Gasteiger charge is -2.29. The third-order valence-corrected chi connectivity index (χ3v) is 4.58. The smallest absolute Gasteiger partial charge is 0.317 e. The molecule has 0 bridgehead atoms. The van der Waals surface area contributed by atoms with Crippen LogP contribution in [0.4, 0.5) is 5.69 Å². The number of nitrogens with zero attached hydrogens (tertiary/aromatic N) is 1. The van der Waals surface area contributed by atoms with Crippen LogP contribution < -0.4 is 5.32 Å². The number of nitriles is 1. The highest BCUT2D eigenvalue weighted by Gasteiger charge is 2.39. The second kappa shape index (κ2) is 8.33. The quantitative estimate of drug-likeness (QED) is 0.648. The Morgan fingerprint density at radius 3 is 2.59 bits per heavy atom. The van der Waals surface area contributed by atoms with Crippen LogP contribution in [0.25, 0.3) is 0 Å². The van der Waals surface area contributed by atoms with E-state index >= 15 is 0 Å². The number of hydrogen-bond acceptors (Lipinski definition) is 5. The summed E-state index contributed by atoms with van der Waals surface area (Å²) in [5.41, 5.74) is 2.72. The zero-order chi connectivity index (χ0) is 19.2. The van der Waals surface area contributed by atoms with E-state index in [2.05, 4.69) is 11.4 Å². The van der Waals surface area contributed by atoms with Crippen molar-refractivity contribution in [1.29, 1.82) is 5.26 Å². The zero-order valence-corrected chi connectivity index (χ0v) is 15.0. The number of benzene rings is 2. The van der Waals surface area contributed by atoms with E-state index < -0.39 is 11.9 Å². The maximum Gasteiger partial charge on any atom is 0.317 e. The minimum atomic E-state index is -0.857. The summed E-state index contributed by atoms with van der Waals surface area (Å²) in [6.45, 7) is 1.96. The second-order valence-corrected chi connectivity index (χ2v) is 6.31. The fourth-order valence-electron chi connectivity index (χ4n) is 3.35. The van der Waals surface area contributed by atoms with Gasteiger partial charge in [0.2, 0.25) is 0 Å². The molecule has 5 nitrogen and oxygen atoms in total. The van der Waals surface area contributed by atoms with Crippen LogP contribution in [-0.4, -0.2) is 18.4 Å². The molecule has 27 heavy (non-hydrogen) atoms. The van der Waals surface area contributed by atoms with E-state index in [1.54, 1.807) is 25.1 Å². The van der Waals surface area contributed by atoms with Crippen LogP contribution in [0.3, 0.4) is 0 Å². The molecule has 0 aliphatic heterocycles. The van der Waals surface area contributed by atoms with Gasteiger partial charge in [-0.1, -0.05) is 42.5 Å². The molecule has 2 aromatic rings. The number of rotatable bonds is 5. The Labute approximate surface area is 158 Å². The number of nitrogens with one attached hydrogen (secondary N) is 1. The average molecular weight is 360 g/mol. The van der Waals surface area contributed by atoms with Gasteiger partial charge < -0.3 is 10.1 Å². The lowest BCUT2D eigenvalue weighted by Crippen LogP contribution is -2.35. The molecule has 0 fully saturated rings. The number of allylic oxidation sites excluding steroid dienone is 2. The molecule has 136 valence electrons. The number of carbonyl (C=O) groups is 2. The van der Waals surface area contributed by atoms with Crippen molar-refractivity contribution in [3.05, 3.63) is 77.5 Å². The van der Waals surface area contributed by atoms with Gasteiger partial charge in [0, 0.05) is 17.7 Å². The highest BCUT2D eigenvalue weighted by molar-refractivity contribution is 6.07. The molecule has 3 rings (SSSR count). The molecule has 2 aromatic carbocycles. The summed E-state index contributed by atoms with van der Waals surface area (Å²) in [5, 5.41) is 12.5. The molecule has 0 unspecified atom stereocenters. The standard InChI is InChI=1S/C22H20N2O3/c1-2-27-22(26)21-18(15-8-4-3-5-9-15)12-17(13-20(21)25)24-19-11-7-6-10-16(19)14-23/h3-11,13,18,21,24H,2,12H2,1H3/t18-,21-/m0/s1. The molecule has 5 heteroatoms. The van der Waals surface area contributed by atoms with Gasteiger partial charge in [0.1, 0.15) is 12.0 Å². The summed E-state index contributed by atoms with van der Waals surface area (Å²) in [5.74, 6) is -1.96. The molecule has 0 heterocycles. The van der Waals surface area contributed by atoms with E-state index in [9.17, 15) is 14.9 Å². The summed E-state index contributed by atoms with van der Waals surface area (Å²) in [7, 11) is 0. The van der Waals surface area contributed by atoms with E-state index in [-0.39, 0.29) is 18.3 Å². The monoisotopic (exact) mass is 360 g/mol. The summed E-state index contributed by atoms with van der Waals surface area (Å²) in [4.78, 5) is 25.2. The Morgan fingerprint density at radius 1 is 1.19 bits per heavy atom. The minimum absolute atomic E-state index is 0.231. The summed E-state index contributed by atoms with van der Waals surface area (Å²) in [6.07, 6.45) is 1.92.